The van der Waals surface area contributed by atoms with E-state index in [0.717, 1.165) is 44.1 Å². The van der Waals surface area contributed by atoms with Crippen LogP contribution in [0.25, 0.3) is 0 Å². The van der Waals surface area contributed by atoms with E-state index in [0.29, 0.717) is 11.7 Å². The van der Waals surface area contributed by atoms with Gasteiger partial charge in [0.15, 0.2) is 5.82 Å². The number of aryl methyl sites for hydroxylation is 1. The smallest absolute Gasteiger partial charge is 0.229 e. The third kappa shape index (κ3) is 4.16. The summed E-state index contributed by atoms with van der Waals surface area (Å²) in [7, 11) is 0. The Morgan fingerprint density at radius 3 is 2.83 bits per heavy atom. The molecule has 23 heavy (non-hydrogen) atoms. The first kappa shape index (κ1) is 15.7. The molecule has 6 heteroatoms. The van der Waals surface area contributed by atoms with Crippen LogP contribution in [0.4, 0.5) is 5.69 Å². The number of rotatable bonds is 4. The van der Waals surface area contributed by atoms with Gasteiger partial charge in [0.05, 0.1) is 0 Å². The molecular weight excluding hydrogens is 292 g/mol. The molecule has 2 heterocycles. The summed E-state index contributed by atoms with van der Waals surface area (Å²) >= 11 is 0. The van der Waals surface area contributed by atoms with E-state index in [1.165, 1.54) is 12.5 Å². The van der Waals surface area contributed by atoms with Crippen LogP contribution in [0.15, 0.2) is 28.8 Å². The molecule has 0 saturated carbocycles. The number of nitrogens with zero attached hydrogens (tertiary/aromatic N) is 3. The first-order chi connectivity index (χ1) is 11.1. The van der Waals surface area contributed by atoms with Crippen LogP contribution in [-0.4, -0.2) is 34.0 Å². The topological polar surface area (TPSA) is 71.3 Å². The predicted octanol–water partition coefficient (Wildman–Crippen LogP) is 2.72. The SMILES string of the molecule is CC(=O)Nc1cccc(CN2CCC(c3nc(C)no3)CC2)c1. The van der Waals surface area contributed by atoms with Gasteiger partial charge in [-0.25, -0.2) is 0 Å². The molecule has 0 unspecified atom stereocenters. The lowest BCUT2D eigenvalue weighted by molar-refractivity contribution is -0.114. The molecule has 0 bridgehead atoms. The molecule has 1 saturated heterocycles. The lowest BCUT2D eigenvalue weighted by atomic mass is 9.96. The summed E-state index contributed by atoms with van der Waals surface area (Å²) in [4.78, 5) is 17.9. The lowest BCUT2D eigenvalue weighted by Crippen LogP contribution is -2.32. The maximum Gasteiger partial charge on any atom is 0.229 e. The molecule has 0 aliphatic carbocycles. The Morgan fingerprint density at radius 2 is 2.17 bits per heavy atom. The second kappa shape index (κ2) is 6.91. The second-order valence-corrected chi connectivity index (χ2v) is 6.11. The molecule has 0 atom stereocenters. The van der Waals surface area contributed by atoms with Crippen molar-refractivity contribution in [2.45, 2.75) is 39.2 Å². The quantitative estimate of drug-likeness (QED) is 0.939. The van der Waals surface area contributed by atoms with Crippen molar-refractivity contribution in [3.8, 4) is 0 Å². The summed E-state index contributed by atoms with van der Waals surface area (Å²) in [6.07, 6.45) is 2.07. The number of aromatic nitrogens is 2. The van der Waals surface area contributed by atoms with Gasteiger partial charge < -0.3 is 9.84 Å². The zero-order chi connectivity index (χ0) is 16.2. The Hall–Kier alpha value is -2.21. The van der Waals surface area contributed by atoms with Gasteiger partial charge in [-0.2, -0.15) is 4.98 Å². The molecule has 2 aromatic rings. The molecule has 6 nitrogen and oxygen atoms in total. The van der Waals surface area contributed by atoms with Gasteiger partial charge in [-0.3, -0.25) is 9.69 Å². The predicted molar refractivity (Wildman–Crippen MR) is 87.0 cm³/mol. The number of hydrogen-bond donors (Lipinski definition) is 1. The monoisotopic (exact) mass is 314 g/mol. The van der Waals surface area contributed by atoms with Crippen molar-refractivity contribution in [3.63, 3.8) is 0 Å². The second-order valence-electron chi connectivity index (χ2n) is 6.11. The van der Waals surface area contributed by atoms with Gasteiger partial charge in [-0.1, -0.05) is 17.3 Å². The highest BCUT2D eigenvalue weighted by Gasteiger charge is 2.24. The first-order valence-electron chi connectivity index (χ1n) is 7.99. The zero-order valence-corrected chi connectivity index (χ0v) is 13.6. The minimum absolute atomic E-state index is 0.0437. The van der Waals surface area contributed by atoms with Gasteiger partial charge in [0.2, 0.25) is 11.8 Å². The van der Waals surface area contributed by atoms with Crippen LogP contribution in [0, 0.1) is 6.92 Å². The van der Waals surface area contributed by atoms with E-state index in [9.17, 15) is 4.79 Å². The van der Waals surface area contributed by atoms with Crippen molar-refractivity contribution in [1.29, 1.82) is 0 Å². The summed E-state index contributed by atoms with van der Waals surface area (Å²) < 4.78 is 5.29. The number of likely N-dealkylation sites (tertiary alicyclic amines) is 1. The van der Waals surface area contributed by atoms with Crippen LogP contribution < -0.4 is 5.32 Å². The van der Waals surface area contributed by atoms with Gasteiger partial charge >= 0.3 is 0 Å². The van der Waals surface area contributed by atoms with Crippen molar-refractivity contribution in [3.05, 3.63) is 41.5 Å². The average Bonchev–Trinajstić information content (AvgIpc) is 2.94. The number of carbonyl (C=O) groups excluding carboxylic acids is 1. The standard InChI is InChI=1S/C17H22N4O2/c1-12-18-17(23-20-12)15-6-8-21(9-7-15)11-14-4-3-5-16(10-14)19-13(2)22/h3-5,10,15H,6-9,11H2,1-2H3,(H,19,22). The largest absolute Gasteiger partial charge is 0.339 e. The van der Waals surface area contributed by atoms with E-state index < -0.39 is 0 Å². The lowest BCUT2D eigenvalue weighted by Gasteiger charge is -2.30. The Labute approximate surface area is 135 Å². The Bertz CT molecular complexity index is 675. The minimum Gasteiger partial charge on any atom is -0.339 e. The summed E-state index contributed by atoms with van der Waals surface area (Å²) in [5.74, 6) is 1.81. The number of hydrogen-bond acceptors (Lipinski definition) is 5. The highest BCUT2D eigenvalue weighted by atomic mass is 16.5. The summed E-state index contributed by atoms with van der Waals surface area (Å²) in [5.41, 5.74) is 2.06. The summed E-state index contributed by atoms with van der Waals surface area (Å²) in [5, 5.41) is 6.71. The number of amides is 1. The van der Waals surface area contributed by atoms with Crippen LogP contribution in [-0.2, 0) is 11.3 Å². The fourth-order valence-corrected chi connectivity index (χ4v) is 3.03. The third-order valence-corrected chi connectivity index (χ3v) is 4.13. The van der Waals surface area contributed by atoms with E-state index in [2.05, 4.69) is 26.4 Å². The van der Waals surface area contributed by atoms with Crippen molar-refractivity contribution < 1.29 is 9.32 Å². The first-order valence-corrected chi connectivity index (χ1v) is 7.99. The number of nitrogens with one attached hydrogen (secondary N) is 1. The molecule has 122 valence electrons. The summed E-state index contributed by atoms with van der Waals surface area (Å²) in [6, 6.07) is 8.03. The van der Waals surface area contributed by atoms with Crippen molar-refractivity contribution in [1.82, 2.24) is 15.0 Å². The molecule has 1 aromatic heterocycles. The van der Waals surface area contributed by atoms with Gasteiger partial charge in [0.25, 0.3) is 0 Å². The van der Waals surface area contributed by atoms with Crippen LogP contribution in [0.1, 0.15) is 43.0 Å². The van der Waals surface area contributed by atoms with E-state index >= 15 is 0 Å². The Balaban J connectivity index is 1.55. The van der Waals surface area contributed by atoms with E-state index in [-0.39, 0.29) is 5.91 Å². The molecule has 1 N–H and O–H groups in total. The van der Waals surface area contributed by atoms with Crippen molar-refractivity contribution in [2.75, 3.05) is 18.4 Å². The highest BCUT2D eigenvalue weighted by molar-refractivity contribution is 5.88. The number of carbonyl (C=O) groups is 1. The molecule has 1 fully saturated rings. The van der Waals surface area contributed by atoms with Gasteiger partial charge in [-0.15, -0.1) is 0 Å². The molecule has 1 aliphatic rings. The van der Waals surface area contributed by atoms with Crippen molar-refractivity contribution >= 4 is 11.6 Å². The fourth-order valence-electron chi connectivity index (χ4n) is 3.03. The number of benzene rings is 1. The number of piperidine rings is 1. The molecular formula is C17H22N4O2. The molecule has 3 rings (SSSR count). The maximum absolute atomic E-state index is 11.1. The summed E-state index contributed by atoms with van der Waals surface area (Å²) in [6.45, 7) is 6.29. The molecule has 1 aliphatic heterocycles. The normalized spacial score (nSPS) is 16.4. The molecule has 0 radical (unpaired) electrons. The van der Waals surface area contributed by atoms with Crippen LogP contribution in [0.3, 0.4) is 0 Å². The third-order valence-electron chi connectivity index (χ3n) is 4.13. The Morgan fingerprint density at radius 1 is 1.39 bits per heavy atom. The molecule has 1 aromatic carbocycles. The zero-order valence-electron chi connectivity index (χ0n) is 13.6. The highest BCUT2D eigenvalue weighted by Crippen LogP contribution is 2.27. The van der Waals surface area contributed by atoms with Crippen LogP contribution >= 0.6 is 0 Å². The van der Waals surface area contributed by atoms with Crippen LogP contribution in [0.5, 0.6) is 0 Å². The van der Waals surface area contributed by atoms with E-state index in [1.807, 2.05) is 25.1 Å². The average molecular weight is 314 g/mol. The van der Waals surface area contributed by atoms with Crippen LogP contribution in [0.2, 0.25) is 0 Å². The van der Waals surface area contributed by atoms with E-state index in [4.69, 9.17) is 4.52 Å². The molecule has 1 amide bonds. The number of anilines is 1. The fraction of sp³-hybridized carbons (Fsp3) is 0.471. The Kier molecular flexibility index (Phi) is 4.71. The van der Waals surface area contributed by atoms with Gasteiger partial charge in [0.1, 0.15) is 0 Å². The van der Waals surface area contributed by atoms with Crippen molar-refractivity contribution in [2.24, 2.45) is 0 Å². The van der Waals surface area contributed by atoms with Gasteiger partial charge in [-0.05, 0) is 50.6 Å². The maximum atomic E-state index is 11.1. The minimum atomic E-state index is -0.0437. The van der Waals surface area contributed by atoms with E-state index in [1.54, 1.807) is 0 Å². The molecule has 0 spiro atoms. The van der Waals surface area contributed by atoms with Gasteiger partial charge in [0, 0.05) is 25.1 Å².